The van der Waals surface area contributed by atoms with Crippen molar-refractivity contribution in [2.24, 2.45) is 5.10 Å². The minimum Gasteiger partial charge on any atom is -0.493 e. The fourth-order valence-corrected chi connectivity index (χ4v) is 1.86. The standard InChI is InChI=1S/C16H17N3O3/c1-21-14-8-7-11(9-15(14)22-2)10-18-19-16(20)12-5-3-4-6-13(12)17/h3-10H,17H2,1-2H3,(H,19,20)/b18-10+. The molecule has 2 rings (SSSR count). The molecule has 2 aromatic carbocycles. The zero-order valence-corrected chi connectivity index (χ0v) is 12.4. The lowest BCUT2D eigenvalue weighted by Gasteiger charge is -2.07. The Morgan fingerprint density at radius 3 is 2.55 bits per heavy atom. The number of hydrazone groups is 1. The van der Waals surface area contributed by atoms with Gasteiger partial charge in [0.1, 0.15) is 0 Å². The summed E-state index contributed by atoms with van der Waals surface area (Å²) in [5.41, 5.74) is 9.71. The third-order valence-electron chi connectivity index (χ3n) is 2.99. The maximum atomic E-state index is 11.9. The van der Waals surface area contributed by atoms with E-state index in [4.69, 9.17) is 15.2 Å². The SMILES string of the molecule is COc1ccc(/C=N/NC(=O)c2ccccc2N)cc1OC. The van der Waals surface area contributed by atoms with Gasteiger partial charge in [-0.05, 0) is 35.9 Å². The molecule has 6 heteroatoms. The molecule has 114 valence electrons. The highest BCUT2D eigenvalue weighted by Gasteiger charge is 2.07. The van der Waals surface area contributed by atoms with E-state index in [9.17, 15) is 4.79 Å². The van der Waals surface area contributed by atoms with Crippen LogP contribution in [0.4, 0.5) is 5.69 Å². The van der Waals surface area contributed by atoms with Crippen LogP contribution in [0.25, 0.3) is 0 Å². The van der Waals surface area contributed by atoms with Crippen LogP contribution < -0.4 is 20.6 Å². The Balaban J connectivity index is 2.07. The second kappa shape index (κ2) is 7.12. The van der Waals surface area contributed by atoms with Crippen molar-refractivity contribution in [2.75, 3.05) is 20.0 Å². The van der Waals surface area contributed by atoms with Crippen molar-refractivity contribution in [3.05, 3.63) is 53.6 Å². The first kappa shape index (κ1) is 15.4. The van der Waals surface area contributed by atoms with Crippen molar-refractivity contribution < 1.29 is 14.3 Å². The Labute approximate surface area is 128 Å². The molecule has 1 amide bonds. The number of nitrogens with zero attached hydrogens (tertiary/aromatic N) is 1. The number of hydrogen-bond donors (Lipinski definition) is 2. The van der Waals surface area contributed by atoms with E-state index in [2.05, 4.69) is 10.5 Å². The molecule has 0 spiro atoms. The molecule has 0 heterocycles. The molecule has 0 saturated heterocycles. The zero-order valence-electron chi connectivity index (χ0n) is 12.4. The van der Waals surface area contributed by atoms with E-state index in [1.165, 1.54) is 6.21 Å². The number of hydrogen-bond acceptors (Lipinski definition) is 5. The molecule has 0 fully saturated rings. The lowest BCUT2D eigenvalue weighted by Crippen LogP contribution is -2.19. The molecule has 0 aliphatic heterocycles. The number of carbonyl (C=O) groups is 1. The molecule has 0 aliphatic carbocycles. The number of methoxy groups -OCH3 is 2. The smallest absolute Gasteiger partial charge is 0.273 e. The molecule has 0 radical (unpaired) electrons. The minimum atomic E-state index is -0.366. The van der Waals surface area contributed by atoms with Gasteiger partial charge in [0.2, 0.25) is 0 Å². The molecule has 2 aromatic rings. The van der Waals surface area contributed by atoms with Gasteiger partial charge in [-0.2, -0.15) is 5.10 Å². The first-order valence-electron chi connectivity index (χ1n) is 6.55. The number of benzene rings is 2. The molecular formula is C16H17N3O3. The Morgan fingerprint density at radius 2 is 1.86 bits per heavy atom. The monoisotopic (exact) mass is 299 g/mol. The molecule has 0 unspecified atom stereocenters. The van der Waals surface area contributed by atoms with Crippen molar-refractivity contribution in [3.63, 3.8) is 0 Å². The quantitative estimate of drug-likeness (QED) is 0.502. The maximum Gasteiger partial charge on any atom is 0.273 e. The van der Waals surface area contributed by atoms with Crippen LogP contribution in [0.15, 0.2) is 47.6 Å². The molecule has 0 saturated carbocycles. The summed E-state index contributed by atoms with van der Waals surface area (Å²) in [5, 5.41) is 3.91. The third-order valence-corrected chi connectivity index (χ3v) is 2.99. The summed E-state index contributed by atoms with van der Waals surface area (Å²) in [7, 11) is 3.12. The van der Waals surface area contributed by atoms with Gasteiger partial charge in [-0.15, -0.1) is 0 Å². The molecule has 0 bridgehead atoms. The fourth-order valence-electron chi connectivity index (χ4n) is 1.86. The number of nitrogen functional groups attached to an aromatic ring is 1. The fraction of sp³-hybridized carbons (Fsp3) is 0.125. The van der Waals surface area contributed by atoms with E-state index >= 15 is 0 Å². The second-order valence-corrected chi connectivity index (χ2v) is 4.40. The largest absolute Gasteiger partial charge is 0.493 e. The van der Waals surface area contributed by atoms with Crippen LogP contribution in [0.2, 0.25) is 0 Å². The van der Waals surface area contributed by atoms with Crippen LogP contribution in [0.1, 0.15) is 15.9 Å². The van der Waals surface area contributed by atoms with E-state index in [1.54, 1.807) is 56.7 Å². The Kier molecular flexibility index (Phi) is 4.98. The van der Waals surface area contributed by atoms with Gasteiger partial charge in [-0.1, -0.05) is 12.1 Å². The summed E-state index contributed by atoms with van der Waals surface area (Å²) in [5.74, 6) is 0.848. The summed E-state index contributed by atoms with van der Waals surface area (Å²) in [6.07, 6.45) is 1.51. The van der Waals surface area contributed by atoms with Gasteiger partial charge in [0.25, 0.3) is 5.91 Å². The molecule has 22 heavy (non-hydrogen) atoms. The van der Waals surface area contributed by atoms with E-state index < -0.39 is 0 Å². The number of anilines is 1. The van der Waals surface area contributed by atoms with Gasteiger partial charge >= 0.3 is 0 Å². The van der Waals surface area contributed by atoms with Gasteiger partial charge < -0.3 is 15.2 Å². The Morgan fingerprint density at radius 1 is 1.14 bits per heavy atom. The van der Waals surface area contributed by atoms with Crippen LogP contribution in [0, 0.1) is 0 Å². The number of amides is 1. The highest BCUT2D eigenvalue weighted by atomic mass is 16.5. The van der Waals surface area contributed by atoms with Gasteiger partial charge in [-0.25, -0.2) is 5.43 Å². The van der Waals surface area contributed by atoms with Crippen molar-refractivity contribution >= 4 is 17.8 Å². The highest BCUT2D eigenvalue weighted by molar-refractivity contribution is 5.99. The first-order valence-corrected chi connectivity index (χ1v) is 6.55. The number of ether oxygens (including phenoxy) is 2. The summed E-state index contributed by atoms with van der Waals surface area (Å²) in [6, 6.07) is 12.1. The van der Waals surface area contributed by atoms with Gasteiger partial charge in [0.15, 0.2) is 11.5 Å². The third kappa shape index (κ3) is 3.54. The number of nitrogens with two attached hydrogens (primary N) is 1. The molecule has 3 N–H and O–H groups in total. The summed E-state index contributed by atoms with van der Waals surface area (Å²) >= 11 is 0. The van der Waals surface area contributed by atoms with E-state index in [-0.39, 0.29) is 5.91 Å². The van der Waals surface area contributed by atoms with E-state index in [0.717, 1.165) is 5.56 Å². The number of rotatable bonds is 5. The predicted octanol–water partition coefficient (Wildman–Crippen LogP) is 2.05. The minimum absolute atomic E-state index is 0.366. The lowest BCUT2D eigenvalue weighted by molar-refractivity contribution is 0.0956. The van der Waals surface area contributed by atoms with Crippen molar-refractivity contribution in [1.29, 1.82) is 0 Å². The van der Waals surface area contributed by atoms with Crippen LogP contribution in [-0.2, 0) is 0 Å². The van der Waals surface area contributed by atoms with Crippen LogP contribution in [0.3, 0.4) is 0 Å². The normalized spacial score (nSPS) is 10.5. The average molecular weight is 299 g/mol. The molecule has 0 aromatic heterocycles. The van der Waals surface area contributed by atoms with Gasteiger partial charge in [0, 0.05) is 5.69 Å². The van der Waals surface area contributed by atoms with Gasteiger partial charge in [0.05, 0.1) is 26.0 Å². The van der Waals surface area contributed by atoms with Crippen LogP contribution in [0.5, 0.6) is 11.5 Å². The van der Waals surface area contributed by atoms with Gasteiger partial charge in [-0.3, -0.25) is 4.79 Å². The Hall–Kier alpha value is -3.02. The summed E-state index contributed by atoms with van der Waals surface area (Å²) < 4.78 is 10.4. The average Bonchev–Trinajstić information content (AvgIpc) is 2.55. The van der Waals surface area contributed by atoms with Crippen LogP contribution >= 0.6 is 0 Å². The molecular weight excluding hydrogens is 282 g/mol. The van der Waals surface area contributed by atoms with Crippen molar-refractivity contribution in [2.45, 2.75) is 0 Å². The highest BCUT2D eigenvalue weighted by Crippen LogP contribution is 2.26. The first-order chi connectivity index (χ1) is 10.7. The number of carbonyl (C=O) groups excluding carboxylic acids is 1. The number of para-hydroxylation sites is 1. The molecule has 0 aliphatic rings. The lowest BCUT2D eigenvalue weighted by atomic mass is 10.2. The van der Waals surface area contributed by atoms with E-state index in [0.29, 0.717) is 22.7 Å². The molecule has 0 atom stereocenters. The predicted molar refractivity (Wildman–Crippen MR) is 85.5 cm³/mol. The topological polar surface area (TPSA) is 85.9 Å². The maximum absolute atomic E-state index is 11.9. The van der Waals surface area contributed by atoms with Crippen LogP contribution in [-0.4, -0.2) is 26.3 Å². The Bertz CT molecular complexity index is 699. The van der Waals surface area contributed by atoms with Crippen molar-refractivity contribution in [3.8, 4) is 11.5 Å². The zero-order chi connectivity index (χ0) is 15.9. The van der Waals surface area contributed by atoms with E-state index in [1.807, 2.05) is 0 Å². The second-order valence-electron chi connectivity index (χ2n) is 4.40. The van der Waals surface area contributed by atoms with Crippen molar-refractivity contribution in [1.82, 2.24) is 5.43 Å². The number of nitrogens with one attached hydrogen (secondary N) is 1. The summed E-state index contributed by atoms with van der Waals surface area (Å²) in [4.78, 5) is 11.9. The molecule has 6 nitrogen and oxygen atoms in total. The summed E-state index contributed by atoms with van der Waals surface area (Å²) in [6.45, 7) is 0.